The van der Waals surface area contributed by atoms with Crippen molar-refractivity contribution in [3.8, 4) is 5.69 Å². The van der Waals surface area contributed by atoms with Crippen LogP contribution in [0.1, 0.15) is 29.9 Å². The van der Waals surface area contributed by atoms with E-state index in [4.69, 9.17) is 0 Å². The second-order valence-corrected chi connectivity index (χ2v) is 7.78. The smallest absolute Gasteiger partial charge is 0.0645 e. The topological polar surface area (TPSA) is 36.9 Å². The molecule has 1 N–H and O–H groups in total. The van der Waals surface area contributed by atoms with Gasteiger partial charge in [-0.15, -0.1) is 0 Å². The second-order valence-electron chi connectivity index (χ2n) is 7.78. The van der Waals surface area contributed by atoms with Crippen molar-refractivity contribution in [3.05, 3.63) is 84.3 Å². The average molecular weight is 371 g/mol. The molecule has 1 aliphatic heterocycles. The molecule has 28 heavy (non-hydrogen) atoms. The Hall–Kier alpha value is -2.85. The molecule has 0 aliphatic carbocycles. The Kier molecular flexibility index (Phi) is 4.71. The number of nitrogens with zero attached hydrogens (tertiary/aromatic N) is 3. The summed E-state index contributed by atoms with van der Waals surface area (Å²) in [4.78, 5) is 6.04. The molecule has 0 radical (unpaired) electrons. The van der Waals surface area contributed by atoms with Crippen molar-refractivity contribution >= 4 is 10.9 Å². The van der Waals surface area contributed by atoms with E-state index >= 15 is 0 Å². The van der Waals surface area contributed by atoms with Gasteiger partial charge in [-0.25, -0.2) is 4.68 Å². The van der Waals surface area contributed by atoms with Crippen LogP contribution >= 0.6 is 0 Å². The lowest BCUT2D eigenvalue weighted by atomic mass is 9.89. The molecule has 1 fully saturated rings. The molecule has 4 nitrogen and oxygen atoms in total. The summed E-state index contributed by atoms with van der Waals surface area (Å²) in [5.41, 5.74) is 5.19. The lowest BCUT2D eigenvalue weighted by molar-refractivity contribution is 0.215. The van der Waals surface area contributed by atoms with Gasteiger partial charge >= 0.3 is 0 Å². The number of fused-ring (bicyclic) bond motifs is 1. The predicted octanol–water partition coefficient (Wildman–Crippen LogP) is 4.78. The predicted molar refractivity (Wildman–Crippen MR) is 114 cm³/mol. The first-order valence-corrected chi connectivity index (χ1v) is 10.2. The van der Waals surface area contributed by atoms with Gasteiger partial charge in [0.15, 0.2) is 0 Å². The molecular formula is C24H26N4. The molecule has 1 saturated heterocycles. The Bertz CT molecular complexity index is 1040. The van der Waals surface area contributed by atoms with E-state index in [1.165, 1.54) is 48.0 Å². The summed E-state index contributed by atoms with van der Waals surface area (Å²) in [6.45, 7) is 3.47. The normalized spacial score (nSPS) is 16.0. The summed E-state index contributed by atoms with van der Waals surface area (Å²) < 4.78 is 1.97. The van der Waals surface area contributed by atoms with Crippen molar-refractivity contribution in [2.24, 2.45) is 0 Å². The molecule has 0 amide bonds. The first kappa shape index (κ1) is 17.3. The van der Waals surface area contributed by atoms with Crippen LogP contribution in [0.4, 0.5) is 0 Å². The van der Waals surface area contributed by atoms with Gasteiger partial charge < -0.3 is 9.88 Å². The van der Waals surface area contributed by atoms with Gasteiger partial charge in [-0.05, 0) is 67.6 Å². The number of benzene rings is 2. The van der Waals surface area contributed by atoms with Crippen LogP contribution in [-0.2, 0) is 6.42 Å². The number of nitrogens with one attached hydrogen (secondary N) is 1. The number of hydrogen-bond acceptors (Lipinski definition) is 2. The summed E-state index contributed by atoms with van der Waals surface area (Å²) in [5, 5.41) is 5.92. The molecule has 5 rings (SSSR count). The highest BCUT2D eigenvalue weighted by atomic mass is 15.3. The molecule has 2 aromatic carbocycles. The summed E-state index contributed by atoms with van der Waals surface area (Å²) in [7, 11) is 0. The minimum Gasteiger partial charge on any atom is -0.361 e. The van der Waals surface area contributed by atoms with Crippen LogP contribution in [0.2, 0.25) is 0 Å². The summed E-state index contributed by atoms with van der Waals surface area (Å²) >= 11 is 0. The molecule has 0 atom stereocenters. The van der Waals surface area contributed by atoms with E-state index in [1.54, 1.807) is 0 Å². The molecule has 0 spiro atoms. The maximum absolute atomic E-state index is 4.52. The minimum atomic E-state index is 0.674. The van der Waals surface area contributed by atoms with E-state index in [1.807, 2.05) is 16.9 Å². The Morgan fingerprint density at radius 2 is 1.75 bits per heavy atom. The molecule has 2 aromatic heterocycles. The molecule has 0 bridgehead atoms. The molecule has 4 heteroatoms. The molecule has 0 saturated carbocycles. The van der Waals surface area contributed by atoms with E-state index < -0.39 is 0 Å². The van der Waals surface area contributed by atoms with Crippen molar-refractivity contribution < 1.29 is 0 Å². The average Bonchev–Trinajstić information content (AvgIpc) is 3.41. The Morgan fingerprint density at radius 3 is 2.61 bits per heavy atom. The highest BCUT2D eigenvalue weighted by molar-refractivity contribution is 5.83. The lowest BCUT2D eigenvalue weighted by Gasteiger charge is -2.31. The van der Waals surface area contributed by atoms with Gasteiger partial charge in [0.2, 0.25) is 0 Å². The van der Waals surface area contributed by atoms with Gasteiger partial charge in [0.05, 0.1) is 11.9 Å². The zero-order chi connectivity index (χ0) is 18.8. The van der Waals surface area contributed by atoms with Gasteiger partial charge in [0.25, 0.3) is 0 Å². The molecule has 3 heterocycles. The highest BCUT2D eigenvalue weighted by Crippen LogP contribution is 2.33. The summed E-state index contributed by atoms with van der Waals surface area (Å²) in [6, 6.07) is 19.0. The van der Waals surface area contributed by atoms with Gasteiger partial charge in [-0.3, -0.25) is 0 Å². The number of para-hydroxylation sites is 2. The maximum atomic E-state index is 4.52. The SMILES string of the molecule is c1ccc(-n2cc(CCN3CCC(c4c[nH]c5ccccc45)CC3)cn2)cc1. The number of H-pyrrole nitrogens is 1. The first-order chi connectivity index (χ1) is 13.9. The fraction of sp³-hybridized carbons (Fsp3) is 0.292. The monoisotopic (exact) mass is 370 g/mol. The zero-order valence-corrected chi connectivity index (χ0v) is 16.1. The van der Waals surface area contributed by atoms with Crippen LogP contribution in [-0.4, -0.2) is 39.3 Å². The number of rotatable bonds is 5. The Labute approximate surface area is 165 Å². The van der Waals surface area contributed by atoms with Gasteiger partial charge in [0.1, 0.15) is 0 Å². The van der Waals surface area contributed by atoms with Crippen LogP contribution in [0.25, 0.3) is 16.6 Å². The second kappa shape index (κ2) is 7.64. The minimum absolute atomic E-state index is 0.674. The van der Waals surface area contributed by atoms with E-state index in [0.717, 1.165) is 18.7 Å². The fourth-order valence-electron chi connectivity index (χ4n) is 4.40. The third-order valence-electron chi connectivity index (χ3n) is 6.02. The van der Waals surface area contributed by atoms with E-state index in [2.05, 4.69) is 75.9 Å². The third kappa shape index (κ3) is 3.48. The van der Waals surface area contributed by atoms with Crippen LogP contribution in [0.3, 0.4) is 0 Å². The van der Waals surface area contributed by atoms with Crippen LogP contribution in [0, 0.1) is 0 Å². The molecule has 142 valence electrons. The third-order valence-corrected chi connectivity index (χ3v) is 6.02. The molecule has 0 unspecified atom stereocenters. The van der Waals surface area contributed by atoms with Crippen molar-refractivity contribution in [3.63, 3.8) is 0 Å². The Balaban J connectivity index is 1.17. The van der Waals surface area contributed by atoms with Crippen LogP contribution in [0.5, 0.6) is 0 Å². The largest absolute Gasteiger partial charge is 0.361 e. The fourth-order valence-corrected chi connectivity index (χ4v) is 4.40. The molecular weight excluding hydrogens is 344 g/mol. The standard InChI is InChI=1S/C24H26N4/c1-2-6-21(7-3-1)28-18-19(16-26-28)10-13-27-14-11-20(12-15-27)23-17-25-24-9-5-4-8-22(23)24/h1-9,16-18,20,25H,10-15H2. The number of likely N-dealkylation sites (tertiary alicyclic amines) is 1. The van der Waals surface area contributed by atoms with Gasteiger partial charge in [0, 0.05) is 29.8 Å². The lowest BCUT2D eigenvalue weighted by Crippen LogP contribution is -2.34. The Morgan fingerprint density at radius 1 is 0.964 bits per heavy atom. The van der Waals surface area contributed by atoms with Gasteiger partial charge in [-0.2, -0.15) is 5.10 Å². The molecule has 1 aliphatic rings. The van der Waals surface area contributed by atoms with Crippen molar-refractivity contribution in [1.29, 1.82) is 0 Å². The van der Waals surface area contributed by atoms with Crippen LogP contribution in [0.15, 0.2) is 73.2 Å². The highest BCUT2D eigenvalue weighted by Gasteiger charge is 2.22. The van der Waals surface area contributed by atoms with E-state index in [0.29, 0.717) is 5.92 Å². The zero-order valence-electron chi connectivity index (χ0n) is 16.1. The number of aromatic nitrogens is 3. The van der Waals surface area contributed by atoms with Crippen LogP contribution < -0.4 is 0 Å². The molecule has 4 aromatic rings. The number of aromatic amines is 1. The van der Waals surface area contributed by atoms with Crippen molar-refractivity contribution in [1.82, 2.24) is 19.7 Å². The first-order valence-electron chi connectivity index (χ1n) is 10.2. The van der Waals surface area contributed by atoms with E-state index in [9.17, 15) is 0 Å². The van der Waals surface area contributed by atoms with Crippen molar-refractivity contribution in [2.75, 3.05) is 19.6 Å². The summed E-state index contributed by atoms with van der Waals surface area (Å²) in [5.74, 6) is 0.674. The quantitative estimate of drug-likeness (QED) is 0.549. The maximum Gasteiger partial charge on any atom is 0.0645 e. The summed E-state index contributed by atoms with van der Waals surface area (Å²) in [6.07, 6.45) is 9.93. The van der Waals surface area contributed by atoms with E-state index in [-0.39, 0.29) is 0 Å². The van der Waals surface area contributed by atoms with Gasteiger partial charge in [-0.1, -0.05) is 36.4 Å². The van der Waals surface area contributed by atoms with Crippen molar-refractivity contribution in [2.45, 2.75) is 25.2 Å². The number of piperidine rings is 1. The number of hydrogen-bond donors (Lipinski definition) is 1.